The van der Waals surface area contributed by atoms with E-state index >= 15 is 0 Å². The van der Waals surface area contributed by atoms with Crippen molar-refractivity contribution in [3.8, 4) is 0 Å². The summed E-state index contributed by atoms with van der Waals surface area (Å²) in [6.07, 6.45) is 5.23. The van der Waals surface area contributed by atoms with Gasteiger partial charge in [-0.3, -0.25) is 0 Å². The predicted molar refractivity (Wildman–Crippen MR) is 69.3 cm³/mol. The van der Waals surface area contributed by atoms with Crippen LogP contribution in [0.1, 0.15) is 59.8 Å². The van der Waals surface area contributed by atoms with Gasteiger partial charge in [0.25, 0.3) is 0 Å². The van der Waals surface area contributed by atoms with Crippen molar-refractivity contribution < 1.29 is 10.2 Å². The van der Waals surface area contributed by atoms with Gasteiger partial charge < -0.3 is 10.2 Å². The standard InChI is InChI=1S/C14H30O2/c1-5-6-12(3)14(10-15)9-11(2)7-8-13(4)16/h11-16H,5-10H2,1-4H3. The number of rotatable bonds is 9. The first kappa shape index (κ1) is 15.9. The molecule has 2 heteroatoms. The smallest absolute Gasteiger partial charge is 0.0512 e. The molecule has 0 saturated heterocycles. The quantitative estimate of drug-likeness (QED) is 0.638. The summed E-state index contributed by atoms with van der Waals surface area (Å²) in [6, 6.07) is 0. The zero-order valence-corrected chi connectivity index (χ0v) is 11.4. The van der Waals surface area contributed by atoms with Crippen molar-refractivity contribution in [2.75, 3.05) is 6.61 Å². The third kappa shape index (κ3) is 7.24. The summed E-state index contributed by atoms with van der Waals surface area (Å²) in [4.78, 5) is 0. The largest absolute Gasteiger partial charge is 0.396 e. The second-order valence-electron chi connectivity index (χ2n) is 5.48. The lowest BCUT2D eigenvalue weighted by Gasteiger charge is -2.25. The summed E-state index contributed by atoms with van der Waals surface area (Å²) in [5.41, 5.74) is 0. The summed E-state index contributed by atoms with van der Waals surface area (Å²) in [5, 5.41) is 18.6. The van der Waals surface area contributed by atoms with Gasteiger partial charge in [-0.25, -0.2) is 0 Å². The topological polar surface area (TPSA) is 40.5 Å². The van der Waals surface area contributed by atoms with Crippen LogP contribution in [0.25, 0.3) is 0 Å². The van der Waals surface area contributed by atoms with Crippen LogP contribution in [0.3, 0.4) is 0 Å². The molecule has 0 radical (unpaired) electrons. The molecular formula is C14H30O2. The molecule has 0 aliphatic carbocycles. The first-order valence-electron chi connectivity index (χ1n) is 6.80. The molecule has 2 N–H and O–H groups in total. The molecule has 0 spiro atoms. The van der Waals surface area contributed by atoms with Crippen molar-refractivity contribution >= 4 is 0 Å². The van der Waals surface area contributed by atoms with Crippen molar-refractivity contribution in [1.29, 1.82) is 0 Å². The molecule has 2 nitrogen and oxygen atoms in total. The Morgan fingerprint density at radius 3 is 2.06 bits per heavy atom. The third-order valence-electron chi connectivity index (χ3n) is 3.57. The molecule has 0 saturated carbocycles. The highest BCUT2D eigenvalue weighted by Crippen LogP contribution is 2.26. The van der Waals surface area contributed by atoms with Gasteiger partial charge in [-0.05, 0) is 43.9 Å². The van der Waals surface area contributed by atoms with Crippen molar-refractivity contribution in [3.63, 3.8) is 0 Å². The lowest BCUT2D eigenvalue weighted by Crippen LogP contribution is -2.19. The van der Waals surface area contributed by atoms with E-state index in [0.717, 1.165) is 19.3 Å². The van der Waals surface area contributed by atoms with Crippen molar-refractivity contribution in [1.82, 2.24) is 0 Å². The van der Waals surface area contributed by atoms with Gasteiger partial charge in [0.15, 0.2) is 0 Å². The van der Waals surface area contributed by atoms with Gasteiger partial charge in [0.05, 0.1) is 6.10 Å². The minimum atomic E-state index is -0.192. The van der Waals surface area contributed by atoms with Gasteiger partial charge in [-0.2, -0.15) is 0 Å². The van der Waals surface area contributed by atoms with Crippen LogP contribution >= 0.6 is 0 Å². The summed E-state index contributed by atoms with van der Waals surface area (Å²) < 4.78 is 0. The van der Waals surface area contributed by atoms with Crippen LogP contribution in [0.15, 0.2) is 0 Å². The molecule has 4 atom stereocenters. The Hall–Kier alpha value is -0.0800. The van der Waals surface area contributed by atoms with Crippen molar-refractivity contribution in [3.05, 3.63) is 0 Å². The van der Waals surface area contributed by atoms with Gasteiger partial charge in [0, 0.05) is 6.61 Å². The molecule has 0 rings (SSSR count). The van der Waals surface area contributed by atoms with Gasteiger partial charge in [-0.1, -0.05) is 33.6 Å². The molecule has 16 heavy (non-hydrogen) atoms. The predicted octanol–water partition coefficient (Wildman–Crippen LogP) is 3.22. The summed E-state index contributed by atoms with van der Waals surface area (Å²) in [5.74, 6) is 1.65. The molecule has 0 aromatic rings. The Balaban J connectivity index is 3.91. The van der Waals surface area contributed by atoms with Gasteiger partial charge in [-0.15, -0.1) is 0 Å². The SMILES string of the molecule is CCCC(C)C(CO)CC(C)CCC(C)O. The Morgan fingerprint density at radius 1 is 1.00 bits per heavy atom. The second kappa shape index (κ2) is 9.00. The number of aliphatic hydroxyl groups excluding tert-OH is 2. The highest BCUT2D eigenvalue weighted by Gasteiger charge is 2.18. The summed E-state index contributed by atoms with van der Waals surface area (Å²) in [6.45, 7) is 8.81. The Morgan fingerprint density at radius 2 is 1.62 bits per heavy atom. The van der Waals surface area contributed by atoms with E-state index in [4.69, 9.17) is 0 Å². The summed E-state index contributed by atoms with van der Waals surface area (Å²) >= 11 is 0. The number of hydrogen-bond donors (Lipinski definition) is 2. The maximum absolute atomic E-state index is 9.40. The Labute approximate surface area is 101 Å². The molecule has 0 amide bonds. The molecule has 0 aliphatic heterocycles. The molecule has 4 unspecified atom stereocenters. The molecule has 0 aromatic heterocycles. The minimum absolute atomic E-state index is 0.192. The number of hydrogen-bond acceptors (Lipinski definition) is 2. The molecule has 0 aliphatic rings. The van der Waals surface area contributed by atoms with E-state index in [1.807, 2.05) is 6.92 Å². The van der Waals surface area contributed by atoms with E-state index < -0.39 is 0 Å². The monoisotopic (exact) mass is 230 g/mol. The fourth-order valence-corrected chi connectivity index (χ4v) is 2.34. The fraction of sp³-hybridized carbons (Fsp3) is 1.00. The van der Waals surface area contributed by atoms with Crippen LogP contribution in [0.5, 0.6) is 0 Å². The zero-order chi connectivity index (χ0) is 12.6. The molecule has 0 fully saturated rings. The third-order valence-corrected chi connectivity index (χ3v) is 3.57. The molecule has 0 bridgehead atoms. The highest BCUT2D eigenvalue weighted by atomic mass is 16.3. The van der Waals surface area contributed by atoms with E-state index in [1.165, 1.54) is 12.8 Å². The van der Waals surface area contributed by atoms with Crippen LogP contribution in [0.4, 0.5) is 0 Å². The zero-order valence-electron chi connectivity index (χ0n) is 11.4. The highest BCUT2D eigenvalue weighted by molar-refractivity contribution is 4.69. The average Bonchev–Trinajstić information content (AvgIpc) is 2.23. The van der Waals surface area contributed by atoms with Crippen molar-refractivity contribution in [2.45, 2.75) is 65.9 Å². The van der Waals surface area contributed by atoms with Crippen LogP contribution in [-0.2, 0) is 0 Å². The van der Waals surface area contributed by atoms with Gasteiger partial charge in [0.2, 0.25) is 0 Å². The van der Waals surface area contributed by atoms with Gasteiger partial charge >= 0.3 is 0 Å². The van der Waals surface area contributed by atoms with E-state index in [2.05, 4.69) is 20.8 Å². The normalized spacial score (nSPS) is 19.1. The molecule has 98 valence electrons. The summed E-state index contributed by atoms with van der Waals surface area (Å²) in [7, 11) is 0. The van der Waals surface area contributed by atoms with Crippen LogP contribution < -0.4 is 0 Å². The first-order chi connectivity index (χ1) is 7.51. The maximum atomic E-state index is 9.40. The minimum Gasteiger partial charge on any atom is -0.396 e. The Kier molecular flexibility index (Phi) is 8.96. The second-order valence-corrected chi connectivity index (χ2v) is 5.48. The lowest BCUT2D eigenvalue weighted by molar-refractivity contribution is 0.139. The van der Waals surface area contributed by atoms with Crippen LogP contribution in [0.2, 0.25) is 0 Å². The number of aliphatic hydroxyl groups is 2. The van der Waals surface area contributed by atoms with E-state index in [9.17, 15) is 10.2 Å². The first-order valence-corrected chi connectivity index (χ1v) is 6.80. The fourth-order valence-electron chi connectivity index (χ4n) is 2.34. The average molecular weight is 230 g/mol. The maximum Gasteiger partial charge on any atom is 0.0512 e. The molecular weight excluding hydrogens is 200 g/mol. The van der Waals surface area contributed by atoms with E-state index in [1.54, 1.807) is 0 Å². The van der Waals surface area contributed by atoms with Crippen molar-refractivity contribution in [2.24, 2.45) is 17.8 Å². The van der Waals surface area contributed by atoms with Crippen LogP contribution in [-0.4, -0.2) is 22.9 Å². The molecule has 0 aromatic carbocycles. The van der Waals surface area contributed by atoms with Gasteiger partial charge in [0.1, 0.15) is 0 Å². The molecule has 0 heterocycles. The van der Waals surface area contributed by atoms with E-state index in [-0.39, 0.29) is 6.10 Å². The van der Waals surface area contributed by atoms with Crippen LogP contribution in [0, 0.1) is 17.8 Å². The Bertz CT molecular complexity index is 157. The lowest BCUT2D eigenvalue weighted by atomic mass is 9.82. The van der Waals surface area contributed by atoms with E-state index in [0.29, 0.717) is 24.4 Å².